The molecule has 110 valence electrons. The van der Waals surface area contributed by atoms with Crippen molar-refractivity contribution in [2.75, 3.05) is 30.5 Å². The summed E-state index contributed by atoms with van der Waals surface area (Å²) in [5.74, 6) is 1.97. The van der Waals surface area contributed by atoms with Crippen molar-refractivity contribution < 1.29 is 5.21 Å². The fourth-order valence-corrected chi connectivity index (χ4v) is 2.95. The molecule has 0 spiro atoms. The molecule has 6 heteroatoms. The first-order valence-electron chi connectivity index (χ1n) is 6.88. The second-order valence-corrected chi connectivity index (χ2v) is 6.06. The van der Waals surface area contributed by atoms with Crippen LogP contribution < -0.4 is 10.6 Å². The SMILES string of the molecule is CSCCN(C)c1nc2c(cc1C(N)=NO)CCCC2. The zero-order chi connectivity index (χ0) is 14.5. The van der Waals surface area contributed by atoms with Crippen LogP contribution in [0.25, 0.3) is 0 Å². The number of thioether (sulfide) groups is 1. The third-order valence-electron chi connectivity index (χ3n) is 3.66. The molecule has 0 unspecified atom stereocenters. The highest BCUT2D eigenvalue weighted by molar-refractivity contribution is 7.98. The lowest BCUT2D eigenvalue weighted by atomic mass is 9.94. The minimum absolute atomic E-state index is 0.136. The monoisotopic (exact) mass is 294 g/mol. The van der Waals surface area contributed by atoms with Crippen molar-refractivity contribution in [3.8, 4) is 0 Å². The normalized spacial score (nSPS) is 15.0. The molecule has 1 heterocycles. The largest absolute Gasteiger partial charge is 0.409 e. The van der Waals surface area contributed by atoms with Gasteiger partial charge in [-0.25, -0.2) is 4.98 Å². The van der Waals surface area contributed by atoms with Gasteiger partial charge in [0.25, 0.3) is 0 Å². The molecule has 0 fully saturated rings. The van der Waals surface area contributed by atoms with Crippen molar-refractivity contribution in [1.29, 1.82) is 0 Å². The second kappa shape index (κ2) is 6.83. The molecule has 1 aromatic heterocycles. The van der Waals surface area contributed by atoms with Crippen LogP contribution in [-0.4, -0.2) is 41.6 Å². The highest BCUT2D eigenvalue weighted by Crippen LogP contribution is 2.26. The number of oxime groups is 1. The van der Waals surface area contributed by atoms with Gasteiger partial charge in [-0.05, 0) is 43.6 Å². The number of pyridine rings is 1. The molecule has 1 aromatic rings. The van der Waals surface area contributed by atoms with Crippen molar-refractivity contribution in [3.63, 3.8) is 0 Å². The predicted molar refractivity (Wildman–Crippen MR) is 85.0 cm³/mol. The predicted octanol–water partition coefficient (Wildman–Crippen LogP) is 1.85. The summed E-state index contributed by atoms with van der Waals surface area (Å²) in [5, 5.41) is 12.1. The molecule has 0 saturated carbocycles. The molecule has 0 radical (unpaired) electrons. The van der Waals surface area contributed by atoms with Crippen molar-refractivity contribution in [2.45, 2.75) is 25.7 Å². The van der Waals surface area contributed by atoms with Crippen molar-refractivity contribution in [1.82, 2.24) is 4.98 Å². The average Bonchev–Trinajstić information content (AvgIpc) is 2.50. The lowest BCUT2D eigenvalue weighted by Gasteiger charge is -2.24. The molecular weight excluding hydrogens is 272 g/mol. The van der Waals surface area contributed by atoms with Crippen LogP contribution in [0, 0.1) is 0 Å². The van der Waals surface area contributed by atoms with Crippen LogP contribution in [-0.2, 0) is 12.8 Å². The third-order valence-corrected chi connectivity index (χ3v) is 4.25. The van der Waals surface area contributed by atoms with Crippen LogP contribution in [0.4, 0.5) is 5.82 Å². The Balaban J connectivity index is 2.41. The van der Waals surface area contributed by atoms with Gasteiger partial charge in [0.05, 0.1) is 5.56 Å². The van der Waals surface area contributed by atoms with Crippen LogP contribution in [0.1, 0.15) is 29.7 Å². The molecule has 2 rings (SSSR count). The Kier molecular flexibility index (Phi) is 5.11. The molecule has 3 N–H and O–H groups in total. The maximum Gasteiger partial charge on any atom is 0.173 e. The van der Waals surface area contributed by atoms with Gasteiger partial charge in [-0.3, -0.25) is 0 Å². The first-order valence-corrected chi connectivity index (χ1v) is 8.27. The standard InChI is InChI=1S/C14H22N4OS/c1-18(7-8-20-2)14-11(13(15)17-19)9-10-5-3-4-6-12(10)16-14/h9,19H,3-8H2,1-2H3,(H2,15,17). The van der Waals surface area contributed by atoms with E-state index in [1.807, 2.05) is 13.1 Å². The Labute approximate surface area is 124 Å². The molecule has 1 aliphatic carbocycles. The van der Waals surface area contributed by atoms with E-state index in [0.29, 0.717) is 0 Å². The summed E-state index contributed by atoms with van der Waals surface area (Å²) in [5.41, 5.74) is 8.96. The zero-order valence-electron chi connectivity index (χ0n) is 12.1. The Morgan fingerprint density at radius 1 is 1.50 bits per heavy atom. The summed E-state index contributed by atoms with van der Waals surface area (Å²) in [6.07, 6.45) is 6.51. The fraction of sp³-hybridized carbons (Fsp3) is 0.571. The molecule has 0 amide bonds. The Morgan fingerprint density at radius 3 is 2.95 bits per heavy atom. The van der Waals surface area contributed by atoms with Gasteiger partial charge in [0.1, 0.15) is 5.82 Å². The van der Waals surface area contributed by atoms with E-state index in [-0.39, 0.29) is 5.84 Å². The fourth-order valence-electron chi connectivity index (χ4n) is 2.49. The third kappa shape index (κ3) is 3.17. The molecule has 20 heavy (non-hydrogen) atoms. The Bertz CT molecular complexity index is 504. The highest BCUT2D eigenvalue weighted by atomic mass is 32.2. The van der Waals surface area contributed by atoms with E-state index < -0.39 is 0 Å². The van der Waals surface area contributed by atoms with E-state index in [2.05, 4.69) is 16.3 Å². The molecule has 0 atom stereocenters. The number of amidine groups is 1. The van der Waals surface area contributed by atoms with Gasteiger partial charge in [0.2, 0.25) is 0 Å². The Morgan fingerprint density at radius 2 is 2.25 bits per heavy atom. The van der Waals surface area contributed by atoms with Gasteiger partial charge in [-0.15, -0.1) is 0 Å². The summed E-state index contributed by atoms with van der Waals surface area (Å²) < 4.78 is 0. The molecule has 0 saturated heterocycles. The van der Waals surface area contributed by atoms with Gasteiger partial charge in [0, 0.05) is 25.0 Å². The molecule has 0 aliphatic heterocycles. The smallest absolute Gasteiger partial charge is 0.173 e. The van der Waals surface area contributed by atoms with Gasteiger partial charge in [-0.1, -0.05) is 5.16 Å². The van der Waals surface area contributed by atoms with Gasteiger partial charge in [-0.2, -0.15) is 11.8 Å². The summed E-state index contributed by atoms with van der Waals surface area (Å²) in [6, 6.07) is 2.04. The summed E-state index contributed by atoms with van der Waals surface area (Å²) >= 11 is 1.79. The first kappa shape index (κ1) is 15.0. The zero-order valence-corrected chi connectivity index (χ0v) is 12.9. The van der Waals surface area contributed by atoms with Crippen LogP contribution >= 0.6 is 11.8 Å². The van der Waals surface area contributed by atoms with E-state index in [9.17, 15) is 0 Å². The van der Waals surface area contributed by atoms with Crippen molar-refractivity contribution in [3.05, 3.63) is 22.9 Å². The number of hydrogen-bond donors (Lipinski definition) is 2. The number of hydrogen-bond acceptors (Lipinski definition) is 5. The van der Waals surface area contributed by atoms with Crippen molar-refractivity contribution >= 4 is 23.4 Å². The molecule has 1 aliphatic rings. The van der Waals surface area contributed by atoms with Gasteiger partial charge >= 0.3 is 0 Å². The van der Waals surface area contributed by atoms with Crippen LogP contribution in [0.2, 0.25) is 0 Å². The first-order chi connectivity index (χ1) is 9.67. The highest BCUT2D eigenvalue weighted by Gasteiger charge is 2.19. The molecular formula is C14H22N4OS. The van der Waals surface area contributed by atoms with Crippen LogP contribution in [0.15, 0.2) is 11.2 Å². The van der Waals surface area contributed by atoms with E-state index >= 15 is 0 Å². The average molecular weight is 294 g/mol. The molecule has 0 bridgehead atoms. The van der Waals surface area contributed by atoms with Gasteiger partial charge in [0.15, 0.2) is 5.84 Å². The summed E-state index contributed by atoms with van der Waals surface area (Å²) in [4.78, 5) is 6.86. The molecule has 0 aromatic carbocycles. The van der Waals surface area contributed by atoms with E-state index in [1.54, 1.807) is 11.8 Å². The minimum Gasteiger partial charge on any atom is -0.409 e. The molecule has 5 nitrogen and oxygen atoms in total. The van der Waals surface area contributed by atoms with E-state index in [0.717, 1.165) is 42.2 Å². The van der Waals surface area contributed by atoms with E-state index in [4.69, 9.17) is 15.9 Å². The summed E-state index contributed by atoms with van der Waals surface area (Å²) in [6.45, 7) is 0.888. The quantitative estimate of drug-likeness (QED) is 0.375. The minimum atomic E-state index is 0.136. The second-order valence-electron chi connectivity index (χ2n) is 5.07. The van der Waals surface area contributed by atoms with Crippen LogP contribution in [0.3, 0.4) is 0 Å². The van der Waals surface area contributed by atoms with Crippen molar-refractivity contribution in [2.24, 2.45) is 10.9 Å². The number of nitrogens with two attached hydrogens (primary N) is 1. The number of fused-ring (bicyclic) bond motifs is 1. The number of aromatic nitrogens is 1. The summed E-state index contributed by atoms with van der Waals surface area (Å²) in [7, 11) is 2.00. The number of rotatable bonds is 5. The lowest BCUT2D eigenvalue weighted by molar-refractivity contribution is 0.318. The maximum absolute atomic E-state index is 8.99. The topological polar surface area (TPSA) is 74.7 Å². The number of anilines is 1. The van der Waals surface area contributed by atoms with Gasteiger partial charge < -0.3 is 15.8 Å². The Hall–Kier alpha value is -1.43. The number of nitrogens with zero attached hydrogens (tertiary/aromatic N) is 3. The van der Waals surface area contributed by atoms with Crippen LogP contribution in [0.5, 0.6) is 0 Å². The van der Waals surface area contributed by atoms with E-state index in [1.165, 1.54) is 18.4 Å². The number of aryl methyl sites for hydroxylation is 2. The lowest BCUT2D eigenvalue weighted by Crippen LogP contribution is -2.27. The maximum atomic E-state index is 8.99.